The van der Waals surface area contributed by atoms with Crippen LogP contribution in [0.15, 0.2) is 83.6 Å². The molecule has 186 valence electrons. The van der Waals surface area contributed by atoms with Crippen LogP contribution in [0.5, 0.6) is 0 Å². The summed E-state index contributed by atoms with van der Waals surface area (Å²) >= 11 is 0. The van der Waals surface area contributed by atoms with Crippen molar-refractivity contribution >= 4 is 40.2 Å². The Kier molecular flexibility index (Phi) is 4.46. The second kappa shape index (κ2) is 7.58. The van der Waals surface area contributed by atoms with Gasteiger partial charge in [-0.25, -0.2) is 0 Å². The average Bonchev–Trinajstić information content (AvgIpc) is 3.34. The molecule has 0 radical (unpaired) electrons. The van der Waals surface area contributed by atoms with Crippen molar-refractivity contribution in [2.75, 3.05) is 10.2 Å². The SMILES string of the molecule is Cc1ccc(N2C(=O)C3(C4=C(Nc5ccc([N+](=O)[O-])cc53)c3ccccc3C4=O)C3=C2CCCC3=O)cc1. The number of ketones is 2. The minimum atomic E-state index is -1.80. The fourth-order valence-corrected chi connectivity index (χ4v) is 6.43. The van der Waals surface area contributed by atoms with E-state index in [1.807, 2.05) is 43.3 Å². The predicted octanol–water partition coefficient (Wildman–Crippen LogP) is 5.23. The number of carbonyl (C=O) groups is 3. The smallest absolute Gasteiger partial charge is 0.269 e. The van der Waals surface area contributed by atoms with E-state index in [4.69, 9.17) is 0 Å². The second-order valence-electron chi connectivity index (χ2n) is 10.1. The molecule has 2 heterocycles. The number of rotatable bonds is 2. The van der Waals surface area contributed by atoms with Crippen molar-refractivity contribution in [2.45, 2.75) is 31.6 Å². The summed E-state index contributed by atoms with van der Waals surface area (Å²) < 4.78 is 0. The van der Waals surface area contributed by atoms with Crippen LogP contribution in [0.1, 0.15) is 46.3 Å². The van der Waals surface area contributed by atoms with Gasteiger partial charge >= 0.3 is 0 Å². The van der Waals surface area contributed by atoms with Gasteiger partial charge in [0.05, 0.1) is 10.6 Å². The summed E-state index contributed by atoms with van der Waals surface area (Å²) in [5.74, 6) is -1.03. The van der Waals surface area contributed by atoms with Crippen LogP contribution >= 0.6 is 0 Å². The summed E-state index contributed by atoms with van der Waals surface area (Å²) in [6.07, 6.45) is 1.28. The molecule has 3 aromatic rings. The zero-order valence-electron chi connectivity index (χ0n) is 20.4. The van der Waals surface area contributed by atoms with Gasteiger partial charge in [-0.2, -0.15) is 0 Å². The number of hydrogen-bond acceptors (Lipinski definition) is 6. The van der Waals surface area contributed by atoms with Crippen LogP contribution in [0.25, 0.3) is 5.70 Å². The Morgan fingerprint density at radius 2 is 1.66 bits per heavy atom. The highest BCUT2D eigenvalue weighted by molar-refractivity contribution is 6.33. The Balaban J connectivity index is 1.61. The van der Waals surface area contributed by atoms with Crippen molar-refractivity contribution in [2.24, 2.45) is 0 Å². The maximum Gasteiger partial charge on any atom is 0.269 e. The number of benzene rings is 3. The summed E-state index contributed by atoms with van der Waals surface area (Å²) in [7, 11) is 0. The van der Waals surface area contributed by atoms with Gasteiger partial charge < -0.3 is 5.32 Å². The third-order valence-electron chi connectivity index (χ3n) is 8.02. The molecule has 0 fully saturated rings. The molecule has 8 nitrogen and oxygen atoms in total. The molecule has 1 N–H and O–H groups in total. The number of anilines is 2. The van der Waals surface area contributed by atoms with Crippen molar-refractivity contribution in [3.05, 3.63) is 116 Å². The molecule has 1 spiro atoms. The van der Waals surface area contributed by atoms with Crippen LogP contribution in [0, 0.1) is 17.0 Å². The van der Waals surface area contributed by atoms with E-state index in [0.717, 1.165) is 5.56 Å². The predicted molar refractivity (Wildman–Crippen MR) is 141 cm³/mol. The molecule has 0 bridgehead atoms. The van der Waals surface area contributed by atoms with Crippen molar-refractivity contribution < 1.29 is 19.3 Å². The lowest BCUT2D eigenvalue weighted by Crippen LogP contribution is -2.47. The van der Waals surface area contributed by atoms with Crippen LogP contribution in [0.2, 0.25) is 0 Å². The quantitative estimate of drug-likeness (QED) is 0.379. The minimum absolute atomic E-state index is 0.161. The number of allylic oxidation sites excluding steroid dienone is 1. The van der Waals surface area contributed by atoms with Crippen molar-refractivity contribution in [3.63, 3.8) is 0 Å². The molecule has 1 atom stereocenters. The van der Waals surface area contributed by atoms with Gasteiger partial charge in [0.2, 0.25) is 0 Å². The van der Waals surface area contributed by atoms with E-state index < -0.39 is 16.2 Å². The lowest BCUT2D eigenvalue weighted by molar-refractivity contribution is -0.384. The van der Waals surface area contributed by atoms with Gasteiger partial charge in [-0.05, 0) is 38.0 Å². The lowest BCUT2D eigenvalue weighted by Gasteiger charge is -2.37. The lowest BCUT2D eigenvalue weighted by atomic mass is 9.63. The van der Waals surface area contributed by atoms with Crippen molar-refractivity contribution in [1.29, 1.82) is 0 Å². The molecule has 1 unspecified atom stereocenters. The zero-order chi connectivity index (χ0) is 26.3. The van der Waals surface area contributed by atoms with Crippen molar-refractivity contribution in [1.82, 2.24) is 0 Å². The minimum Gasteiger partial charge on any atom is -0.354 e. The largest absolute Gasteiger partial charge is 0.354 e. The molecule has 0 saturated carbocycles. The highest BCUT2D eigenvalue weighted by Gasteiger charge is 2.64. The van der Waals surface area contributed by atoms with Gasteiger partial charge in [-0.3, -0.25) is 29.4 Å². The number of amides is 1. The fraction of sp³-hybridized carbons (Fsp3) is 0.167. The normalized spacial score (nSPS) is 21.4. The van der Waals surface area contributed by atoms with Crippen molar-refractivity contribution in [3.8, 4) is 0 Å². The van der Waals surface area contributed by atoms with E-state index in [1.54, 1.807) is 23.1 Å². The van der Waals surface area contributed by atoms with E-state index in [2.05, 4.69) is 5.32 Å². The highest BCUT2D eigenvalue weighted by Crippen LogP contribution is 2.60. The number of nitrogens with zero attached hydrogens (tertiary/aromatic N) is 2. The molecule has 8 heteroatoms. The van der Waals surface area contributed by atoms with Gasteiger partial charge in [0.15, 0.2) is 11.6 Å². The Hall–Kier alpha value is -4.85. The number of fused-ring (bicyclic) bond motifs is 6. The number of aryl methyl sites for hydroxylation is 1. The van der Waals surface area contributed by atoms with E-state index in [9.17, 15) is 24.5 Å². The van der Waals surface area contributed by atoms with Gasteiger partial charge in [0.25, 0.3) is 11.6 Å². The maximum absolute atomic E-state index is 14.9. The first-order valence-electron chi connectivity index (χ1n) is 12.5. The molecule has 0 aromatic heterocycles. The number of nitrogens with one attached hydrogen (secondary N) is 1. The van der Waals surface area contributed by atoms with Crippen LogP contribution in [-0.2, 0) is 15.0 Å². The van der Waals surface area contributed by atoms with Crippen LogP contribution < -0.4 is 10.2 Å². The Morgan fingerprint density at radius 1 is 0.921 bits per heavy atom. The number of carbonyl (C=O) groups excluding carboxylic acids is 3. The van der Waals surface area contributed by atoms with Gasteiger partial charge in [0.1, 0.15) is 5.41 Å². The molecular formula is C30H21N3O5. The van der Waals surface area contributed by atoms with Crippen LogP contribution in [0.3, 0.4) is 0 Å². The first-order valence-corrected chi connectivity index (χ1v) is 12.5. The third kappa shape index (κ3) is 2.66. The Bertz CT molecular complexity index is 1720. The topological polar surface area (TPSA) is 110 Å². The highest BCUT2D eigenvalue weighted by atomic mass is 16.6. The number of non-ortho nitro benzene ring substituents is 1. The maximum atomic E-state index is 14.9. The molecule has 1 amide bonds. The summed E-state index contributed by atoms with van der Waals surface area (Å²) in [6.45, 7) is 1.94. The first-order chi connectivity index (χ1) is 18.3. The number of nitro benzene ring substituents is 1. The van der Waals surface area contributed by atoms with E-state index in [0.29, 0.717) is 46.7 Å². The molecule has 4 aliphatic rings. The standard InChI is InChI=1S/C30H21N3O5/c1-16-9-11-17(12-10-16)32-23-7-4-8-24(34)25(23)30(29(32)36)21-15-18(33(37)38)13-14-22(21)31-27-19-5-2-3-6-20(19)28(35)26(27)30/h2-3,5-6,9-15,31H,4,7-8H2,1H3. The molecule has 7 rings (SSSR count). The summed E-state index contributed by atoms with van der Waals surface area (Å²) in [5.41, 5.74) is 2.83. The average molecular weight is 504 g/mol. The number of Topliss-reactive ketones (excluding diaryl/α,β-unsaturated/α-hetero) is 2. The molecule has 3 aromatic carbocycles. The molecule has 2 aliphatic carbocycles. The van der Waals surface area contributed by atoms with Crippen LogP contribution in [-0.4, -0.2) is 22.4 Å². The summed E-state index contributed by atoms with van der Waals surface area (Å²) in [6, 6.07) is 18.8. The molecule has 2 aliphatic heterocycles. The van der Waals surface area contributed by atoms with Gasteiger partial charge in [0, 0.05) is 63.5 Å². The number of hydrogen-bond donors (Lipinski definition) is 1. The second-order valence-corrected chi connectivity index (χ2v) is 10.1. The van der Waals surface area contributed by atoms with E-state index in [-0.39, 0.29) is 40.4 Å². The monoisotopic (exact) mass is 503 g/mol. The third-order valence-corrected chi connectivity index (χ3v) is 8.02. The van der Waals surface area contributed by atoms with Gasteiger partial charge in [-0.1, -0.05) is 42.0 Å². The number of nitro groups is 1. The molecule has 0 saturated heterocycles. The molecular weight excluding hydrogens is 482 g/mol. The van der Waals surface area contributed by atoms with E-state index in [1.165, 1.54) is 12.1 Å². The summed E-state index contributed by atoms with van der Waals surface area (Å²) in [4.78, 5) is 55.7. The fourth-order valence-electron chi connectivity index (χ4n) is 6.43. The zero-order valence-corrected chi connectivity index (χ0v) is 20.4. The van der Waals surface area contributed by atoms with E-state index >= 15 is 0 Å². The van der Waals surface area contributed by atoms with Gasteiger partial charge in [-0.15, -0.1) is 0 Å². The summed E-state index contributed by atoms with van der Waals surface area (Å²) in [5, 5.41) is 15.1. The Morgan fingerprint density at radius 3 is 2.39 bits per heavy atom. The Labute approximate surface area is 217 Å². The van der Waals surface area contributed by atoms with Crippen LogP contribution in [0.4, 0.5) is 17.1 Å². The molecule has 38 heavy (non-hydrogen) atoms. The first kappa shape index (κ1) is 22.4.